The third-order valence-corrected chi connectivity index (χ3v) is 4.95. The third kappa shape index (κ3) is 5.52. The fraction of sp³-hybridized carbons (Fsp3) is 0.263. The highest BCUT2D eigenvalue weighted by molar-refractivity contribution is 7.09. The van der Waals surface area contributed by atoms with Gasteiger partial charge in [-0.15, -0.1) is 11.3 Å². The molecule has 2 heterocycles. The van der Waals surface area contributed by atoms with Crippen molar-refractivity contribution in [1.82, 2.24) is 4.90 Å². The van der Waals surface area contributed by atoms with Gasteiger partial charge >= 0.3 is 6.61 Å². The van der Waals surface area contributed by atoms with E-state index in [9.17, 15) is 18.9 Å². The van der Waals surface area contributed by atoms with Gasteiger partial charge in [0.05, 0.1) is 30.9 Å². The number of rotatable bonds is 10. The van der Waals surface area contributed by atoms with E-state index in [1.807, 2.05) is 28.5 Å². The Morgan fingerprint density at radius 2 is 2.03 bits per heavy atom. The highest BCUT2D eigenvalue weighted by atomic mass is 32.1. The van der Waals surface area contributed by atoms with Crippen LogP contribution in [0.4, 0.5) is 14.5 Å². The highest BCUT2D eigenvalue weighted by Crippen LogP contribution is 2.36. The Morgan fingerprint density at radius 3 is 2.62 bits per heavy atom. The van der Waals surface area contributed by atoms with Gasteiger partial charge in [0.15, 0.2) is 11.5 Å². The molecular formula is C19H18F2N2O5S. The van der Waals surface area contributed by atoms with Crippen molar-refractivity contribution in [3.63, 3.8) is 0 Å². The van der Waals surface area contributed by atoms with E-state index >= 15 is 0 Å². The summed E-state index contributed by atoms with van der Waals surface area (Å²) < 4.78 is 40.2. The number of thiophene rings is 1. The summed E-state index contributed by atoms with van der Waals surface area (Å²) in [6, 6.07) is 9.80. The Balaban J connectivity index is 1.93. The van der Waals surface area contributed by atoms with Crippen LogP contribution in [0.25, 0.3) is 0 Å². The molecule has 0 aliphatic carbocycles. The van der Waals surface area contributed by atoms with Gasteiger partial charge < -0.3 is 13.9 Å². The molecule has 0 spiro atoms. The van der Waals surface area contributed by atoms with Gasteiger partial charge in [-0.3, -0.25) is 15.0 Å². The standard InChI is InChI=1S/C19H18F2N2O5S/c1-26-17-8-13(16(23(24)25)9-18(17)28-19(20)21)10-22(11-14-4-2-6-27-14)12-15-5-3-7-29-15/h2-9,19H,10-12H2,1H3. The number of hydrogen-bond donors (Lipinski definition) is 0. The monoisotopic (exact) mass is 424 g/mol. The summed E-state index contributed by atoms with van der Waals surface area (Å²) in [5.74, 6) is 0.322. The normalized spacial score (nSPS) is 11.2. The largest absolute Gasteiger partial charge is 0.493 e. The molecule has 2 aromatic heterocycles. The molecule has 0 radical (unpaired) electrons. The van der Waals surface area contributed by atoms with E-state index < -0.39 is 11.5 Å². The van der Waals surface area contributed by atoms with Gasteiger partial charge in [-0.05, 0) is 29.6 Å². The van der Waals surface area contributed by atoms with Gasteiger partial charge in [-0.25, -0.2) is 0 Å². The molecule has 0 aliphatic heterocycles. The smallest absolute Gasteiger partial charge is 0.387 e. The van der Waals surface area contributed by atoms with Gasteiger partial charge in [0.1, 0.15) is 5.76 Å². The summed E-state index contributed by atoms with van der Waals surface area (Å²) >= 11 is 1.57. The number of furan rings is 1. The van der Waals surface area contributed by atoms with E-state index in [4.69, 9.17) is 9.15 Å². The van der Waals surface area contributed by atoms with Crippen LogP contribution in [0.3, 0.4) is 0 Å². The maximum Gasteiger partial charge on any atom is 0.387 e. The Bertz CT molecular complexity index is 896. The average molecular weight is 424 g/mol. The second-order valence-corrected chi connectivity index (χ2v) is 7.10. The van der Waals surface area contributed by atoms with Crippen LogP contribution < -0.4 is 9.47 Å². The van der Waals surface area contributed by atoms with Crippen LogP contribution in [-0.4, -0.2) is 23.5 Å². The average Bonchev–Trinajstić information content (AvgIpc) is 3.36. The minimum atomic E-state index is -3.12. The second-order valence-electron chi connectivity index (χ2n) is 6.07. The van der Waals surface area contributed by atoms with Gasteiger partial charge in [0.25, 0.3) is 5.69 Å². The Labute approximate surface area is 169 Å². The number of nitro benzene ring substituents is 1. The van der Waals surface area contributed by atoms with Crippen molar-refractivity contribution >= 4 is 17.0 Å². The van der Waals surface area contributed by atoms with Gasteiger partial charge in [-0.2, -0.15) is 8.78 Å². The van der Waals surface area contributed by atoms with E-state index in [2.05, 4.69) is 4.74 Å². The number of methoxy groups -OCH3 is 1. The molecule has 1 aromatic carbocycles. The first-order valence-electron chi connectivity index (χ1n) is 8.53. The fourth-order valence-corrected chi connectivity index (χ4v) is 3.64. The molecule has 0 amide bonds. The molecule has 3 rings (SSSR count). The van der Waals surface area contributed by atoms with Crippen molar-refractivity contribution < 1.29 is 27.6 Å². The van der Waals surface area contributed by atoms with Crippen molar-refractivity contribution in [2.75, 3.05) is 7.11 Å². The number of halogens is 2. The van der Waals surface area contributed by atoms with E-state index in [0.29, 0.717) is 24.4 Å². The number of nitro groups is 1. The minimum absolute atomic E-state index is 0.0000257. The maximum absolute atomic E-state index is 12.6. The van der Waals surface area contributed by atoms with Crippen LogP contribution in [0.1, 0.15) is 16.2 Å². The zero-order valence-corrected chi connectivity index (χ0v) is 16.2. The van der Waals surface area contributed by atoms with Crippen LogP contribution in [0.5, 0.6) is 11.5 Å². The molecule has 0 saturated heterocycles. The molecule has 29 heavy (non-hydrogen) atoms. The number of hydrogen-bond acceptors (Lipinski definition) is 7. The lowest BCUT2D eigenvalue weighted by atomic mass is 10.1. The van der Waals surface area contributed by atoms with Gasteiger partial charge in [0, 0.05) is 23.5 Å². The van der Waals surface area contributed by atoms with Crippen LogP contribution in [0.2, 0.25) is 0 Å². The van der Waals surface area contributed by atoms with Crippen molar-refractivity contribution in [3.05, 3.63) is 74.4 Å². The lowest BCUT2D eigenvalue weighted by molar-refractivity contribution is -0.385. The molecule has 0 atom stereocenters. The number of ether oxygens (including phenoxy) is 2. The predicted molar refractivity (Wildman–Crippen MR) is 102 cm³/mol. The van der Waals surface area contributed by atoms with Crippen molar-refractivity contribution in [2.45, 2.75) is 26.2 Å². The molecule has 3 aromatic rings. The van der Waals surface area contributed by atoms with Crippen LogP contribution in [0.15, 0.2) is 52.5 Å². The molecule has 0 N–H and O–H groups in total. The molecule has 0 aliphatic rings. The number of benzene rings is 1. The third-order valence-electron chi connectivity index (χ3n) is 4.09. The topological polar surface area (TPSA) is 78.0 Å². The molecule has 154 valence electrons. The predicted octanol–water partition coefficient (Wildman–Crippen LogP) is 5.06. The molecule has 0 saturated carbocycles. The fourth-order valence-electron chi connectivity index (χ4n) is 2.89. The first kappa shape index (κ1) is 20.7. The lowest BCUT2D eigenvalue weighted by Gasteiger charge is -2.21. The summed E-state index contributed by atoms with van der Waals surface area (Å²) in [6.45, 7) is -1.99. The first-order chi connectivity index (χ1) is 14.0. The summed E-state index contributed by atoms with van der Waals surface area (Å²) in [4.78, 5) is 14.0. The number of nitrogens with zero attached hydrogens (tertiary/aromatic N) is 2. The summed E-state index contributed by atoms with van der Waals surface area (Å²) in [5, 5.41) is 13.5. The summed E-state index contributed by atoms with van der Waals surface area (Å²) in [7, 11) is 1.29. The first-order valence-corrected chi connectivity index (χ1v) is 9.41. The van der Waals surface area contributed by atoms with E-state index in [1.54, 1.807) is 23.7 Å². The van der Waals surface area contributed by atoms with Crippen molar-refractivity contribution in [2.24, 2.45) is 0 Å². The van der Waals surface area contributed by atoms with E-state index in [-0.39, 0.29) is 23.7 Å². The summed E-state index contributed by atoms with van der Waals surface area (Å²) in [6.07, 6.45) is 1.56. The van der Waals surface area contributed by atoms with Crippen LogP contribution in [0, 0.1) is 10.1 Å². The molecule has 0 fully saturated rings. The van der Waals surface area contributed by atoms with Crippen molar-refractivity contribution in [1.29, 1.82) is 0 Å². The van der Waals surface area contributed by atoms with Crippen LogP contribution in [-0.2, 0) is 19.6 Å². The molecular weight excluding hydrogens is 406 g/mol. The Morgan fingerprint density at radius 1 is 1.21 bits per heavy atom. The maximum atomic E-state index is 12.6. The molecule has 0 unspecified atom stereocenters. The Hall–Kier alpha value is -2.98. The molecule has 0 bridgehead atoms. The molecule has 10 heteroatoms. The zero-order valence-electron chi connectivity index (χ0n) is 15.4. The molecule has 7 nitrogen and oxygen atoms in total. The number of alkyl halides is 2. The minimum Gasteiger partial charge on any atom is -0.493 e. The highest BCUT2D eigenvalue weighted by Gasteiger charge is 2.24. The Kier molecular flexibility index (Phi) is 6.78. The van der Waals surface area contributed by atoms with E-state index in [0.717, 1.165) is 10.9 Å². The second kappa shape index (κ2) is 9.48. The van der Waals surface area contributed by atoms with Gasteiger partial charge in [-0.1, -0.05) is 6.07 Å². The van der Waals surface area contributed by atoms with E-state index in [1.165, 1.54) is 13.2 Å². The quantitative estimate of drug-likeness (QED) is 0.334. The van der Waals surface area contributed by atoms with Crippen molar-refractivity contribution in [3.8, 4) is 11.5 Å². The van der Waals surface area contributed by atoms with Gasteiger partial charge in [0.2, 0.25) is 0 Å². The van der Waals surface area contributed by atoms with Crippen LogP contribution >= 0.6 is 11.3 Å². The lowest BCUT2D eigenvalue weighted by Crippen LogP contribution is -2.22. The zero-order chi connectivity index (χ0) is 20.8. The summed E-state index contributed by atoms with van der Waals surface area (Å²) in [5.41, 5.74) is -0.00588. The SMILES string of the molecule is COc1cc(CN(Cc2ccco2)Cc2cccs2)c([N+](=O)[O-])cc1OC(F)F.